The molecule has 6 nitrogen and oxygen atoms in total. The minimum Gasteiger partial charge on any atom is -0.444 e. The van der Waals surface area contributed by atoms with Gasteiger partial charge < -0.3 is 15.4 Å². The number of hydrogen-bond acceptors (Lipinski definition) is 5. The third-order valence-electron chi connectivity index (χ3n) is 2.70. The number of ether oxygens (including phenoxy) is 1. The molecule has 0 unspecified atom stereocenters. The van der Waals surface area contributed by atoms with Crippen molar-refractivity contribution in [3.05, 3.63) is 30.3 Å². The zero-order valence-corrected chi connectivity index (χ0v) is 12.8. The number of carbonyl (C=O) groups excluding carboxylic acids is 1. The zero-order valence-electron chi connectivity index (χ0n) is 12.8. The maximum Gasteiger partial charge on any atom is 0.407 e. The van der Waals surface area contributed by atoms with Gasteiger partial charge in [-0.25, -0.2) is 19.2 Å². The Kier molecular flexibility index (Phi) is 4.75. The molecule has 0 saturated heterocycles. The summed E-state index contributed by atoms with van der Waals surface area (Å²) in [5, 5.41) is 6.27. The highest BCUT2D eigenvalue weighted by Crippen LogP contribution is 2.20. The molecule has 0 atom stereocenters. The number of para-hydroxylation sites is 1. The average Bonchev–Trinajstić information content (AvgIpc) is 2.42. The van der Waals surface area contributed by atoms with Crippen LogP contribution in [0.25, 0.3) is 10.9 Å². The number of fused-ring (bicyclic) bond motifs is 1. The predicted molar refractivity (Wildman–Crippen MR) is 82.2 cm³/mol. The van der Waals surface area contributed by atoms with E-state index in [1.54, 1.807) is 32.9 Å². The fourth-order valence-electron chi connectivity index (χ4n) is 1.85. The first-order valence-corrected chi connectivity index (χ1v) is 6.97. The molecule has 2 N–H and O–H groups in total. The summed E-state index contributed by atoms with van der Waals surface area (Å²) in [5.74, 6) is 0.130. The van der Waals surface area contributed by atoms with Gasteiger partial charge in [0.1, 0.15) is 29.1 Å². The maximum atomic E-state index is 13.6. The van der Waals surface area contributed by atoms with Crippen molar-refractivity contribution < 1.29 is 13.9 Å². The average molecular weight is 306 g/mol. The lowest BCUT2D eigenvalue weighted by molar-refractivity contribution is 0.0530. The van der Waals surface area contributed by atoms with Crippen molar-refractivity contribution in [3.8, 4) is 0 Å². The van der Waals surface area contributed by atoms with Crippen LogP contribution >= 0.6 is 0 Å². The van der Waals surface area contributed by atoms with Gasteiger partial charge in [-0.15, -0.1) is 0 Å². The molecule has 1 amide bonds. The molecule has 0 saturated carbocycles. The summed E-state index contributed by atoms with van der Waals surface area (Å²) in [4.78, 5) is 19.5. The van der Waals surface area contributed by atoms with Crippen LogP contribution in [-0.4, -0.2) is 34.8 Å². The summed E-state index contributed by atoms with van der Waals surface area (Å²) < 4.78 is 18.7. The first-order valence-electron chi connectivity index (χ1n) is 6.97. The SMILES string of the molecule is CC(C)(C)OC(=O)NCCNc1ncnc2c(F)cccc12. The molecule has 1 heterocycles. The molecule has 1 aromatic carbocycles. The smallest absolute Gasteiger partial charge is 0.407 e. The molecule has 0 spiro atoms. The fraction of sp³-hybridized carbons (Fsp3) is 0.400. The lowest BCUT2D eigenvalue weighted by Crippen LogP contribution is -2.35. The number of benzene rings is 1. The lowest BCUT2D eigenvalue weighted by Gasteiger charge is -2.19. The molecule has 22 heavy (non-hydrogen) atoms. The summed E-state index contributed by atoms with van der Waals surface area (Å²) in [6.45, 7) is 6.18. The minimum absolute atomic E-state index is 0.264. The van der Waals surface area contributed by atoms with Crippen LogP contribution in [0.2, 0.25) is 0 Å². The van der Waals surface area contributed by atoms with Crippen LogP contribution in [0, 0.1) is 5.82 Å². The van der Waals surface area contributed by atoms with Crippen LogP contribution in [0.1, 0.15) is 20.8 Å². The van der Waals surface area contributed by atoms with Gasteiger partial charge in [-0.2, -0.15) is 0 Å². The third-order valence-corrected chi connectivity index (χ3v) is 2.70. The fourth-order valence-corrected chi connectivity index (χ4v) is 1.85. The molecule has 118 valence electrons. The van der Waals surface area contributed by atoms with Gasteiger partial charge in [0.2, 0.25) is 0 Å². The number of alkyl carbamates (subject to hydrolysis) is 1. The van der Waals surface area contributed by atoms with Gasteiger partial charge >= 0.3 is 6.09 Å². The molecule has 2 rings (SSSR count). The second-order valence-corrected chi connectivity index (χ2v) is 5.71. The van der Waals surface area contributed by atoms with Crippen molar-refractivity contribution in [1.82, 2.24) is 15.3 Å². The molecule has 1 aromatic heterocycles. The molecule has 0 fully saturated rings. The third kappa shape index (κ3) is 4.28. The summed E-state index contributed by atoms with van der Waals surface area (Å²) >= 11 is 0. The van der Waals surface area contributed by atoms with Gasteiger partial charge in [0.05, 0.1) is 0 Å². The van der Waals surface area contributed by atoms with E-state index in [-0.39, 0.29) is 5.52 Å². The van der Waals surface area contributed by atoms with E-state index in [9.17, 15) is 9.18 Å². The van der Waals surface area contributed by atoms with Gasteiger partial charge in [-0.05, 0) is 32.9 Å². The van der Waals surface area contributed by atoms with Crippen molar-refractivity contribution >= 4 is 22.8 Å². The number of aromatic nitrogens is 2. The van der Waals surface area contributed by atoms with Gasteiger partial charge in [0.15, 0.2) is 0 Å². The van der Waals surface area contributed by atoms with Gasteiger partial charge in [-0.1, -0.05) is 6.07 Å². The number of rotatable bonds is 4. The molecular formula is C15H19FN4O2. The van der Waals surface area contributed by atoms with E-state index in [2.05, 4.69) is 20.6 Å². The van der Waals surface area contributed by atoms with Crippen LogP contribution in [0.4, 0.5) is 15.0 Å². The first kappa shape index (κ1) is 15.9. The minimum atomic E-state index is -0.530. The Labute approximate surface area is 128 Å². The van der Waals surface area contributed by atoms with Gasteiger partial charge in [0, 0.05) is 18.5 Å². The topological polar surface area (TPSA) is 76.1 Å². The summed E-state index contributed by atoms with van der Waals surface area (Å²) in [6, 6.07) is 4.69. The second-order valence-electron chi connectivity index (χ2n) is 5.71. The molecule has 0 aliphatic heterocycles. The number of halogens is 1. The zero-order chi connectivity index (χ0) is 16.2. The number of nitrogens with zero attached hydrogens (tertiary/aromatic N) is 2. The molecule has 0 bridgehead atoms. The summed E-state index contributed by atoms with van der Waals surface area (Å²) in [6.07, 6.45) is 0.822. The number of amides is 1. The Bertz CT molecular complexity index is 670. The Balaban J connectivity index is 1.91. The molecular weight excluding hydrogens is 287 g/mol. The normalized spacial score (nSPS) is 11.3. The van der Waals surface area contributed by atoms with Crippen LogP contribution < -0.4 is 10.6 Å². The Morgan fingerprint density at radius 3 is 2.77 bits per heavy atom. The lowest BCUT2D eigenvalue weighted by atomic mass is 10.2. The quantitative estimate of drug-likeness (QED) is 0.849. The van der Waals surface area contributed by atoms with Crippen molar-refractivity contribution in [1.29, 1.82) is 0 Å². The van der Waals surface area contributed by atoms with Crippen molar-refractivity contribution in [2.75, 3.05) is 18.4 Å². The molecule has 0 radical (unpaired) electrons. The van der Waals surface area contributed by atoms with E-state index in [4.69, 9.17) is 4.74 Å². The number of nitrogens with one attached hydrogen (secondary N) is 2. The Morgan fingerprint density at radius 1 is 1.27 bits per heavy atom. The van der Waals surface area contributed by atoms with Gasteiger partial charge in [-0.3, -0.25) is 0 Å². The largest absolute Gasteiger partial charge is 0.444 e. The maximum absolute atomic E-state index is 13.6. The van der Waals surface area contributed by atoms with Crippen molar-refractivity contribution in [2.45, 2.75) is 26.4 Å². The molecule has 0 aliphatic rings. The summed E-state index contributed by atoms with van der Waals surface area (Å²) in [7, 11) is 0. The highest BCUT2D eigenvalue weighted by Gasteiger charge is 2.15. The number of carbonyl (C=O) groups is 1. The molecule has 2 aromatic rings. The second kappa shape index (κ2) is 6.55. The van der Waals surface area contributed by atoms with Crippen LogP contribution in [-0.2, 0) is 4.74 Å². The van der Waals surface area contributed by atoms with E-state index in [0.717, 1.165) is 0 Å². The Hall–Kier alpha value is -2.44. The highest BCUT2D eigenvalue weighted by molar-refractivity contribution is 5.89. The van der Waals surface area contributed by atoms with Crippen molar-refractivity contribution in [3.63, 3.8) is 0 Å². The van der Waals surface area contributed by atoms with E-state index >= 15 is 0 Å². The van der Waals surface area contributed by atoms with E-state index in [1.165, 1.54) is 12.4 Å². The number of hydrogen-bond donors (Lipinski definition) is 2. The van der Waals surface area contributed by atoms with E-state index < -0.39 is 17.5 Å². The van der Waals surface area contributed by atoms with Crippen LogP contribution in [0.15, 0.2) is 24.5 Å². The first-order chi connectivity index (χ1) is 10.4. The number of anilines is 1. The van der Waals surface area contributed by atoms with Crippen LogP contribution in [0.5, 0.6) is 0 Å². The standard InChI is InChI=1S/C15H19FN4O2/c1-15(2,3)22-14(21)18-8-7-17-13-10-5-4-6-11(16)12(10)19-9-20-13/h4-6,9H,7-8H2,1-3H3,(H,18,21)(H,17,19,20). The van der Waals surface area contributed by atoms with Crippen molar-refractivity contribution in [2.24, 2.45) is 0 Å². The molecule has 0 aliphatic carbocycles. The molecule has 7 heteroatoms. The highest BCUT2D eigenvalue weighted by atomic mass is 19.1. The van der Waals surface area contributed by atoms with E-state index in [1.807, 2.05) is 0 Å². The van der Waals surface area contributed by atoms with Gasteiger partial charge in [0.25, 0.3) is 0 Å². The Morgan fingerprint density at radius 2 is 2.05 bits per heavy atom. The monoisotopic (exact) mass is 306 g/mol. The van der Waals surface area contributed by atoms with Crippen LogP contribution in [0.3, 0.4) is 0 Å². The van der Waals surface area contributed by atoms with E-state index in [0.29, 0.717) is 24.3 Å². The summed E-state index contributed by atoms with van der Waals surface area (Å²) in [5.41, 5.74) is -0.266. The predicted octanol–water partition coefficient (Wildman–Crippen LogP) is 2.71.